The van der Waals surface area contributed by atoms with Gasteiger partial charge in [-0.25, -0.2) is 0 Å². The molecular weight excluding hydrogens is 402 g/mol. The number of ether oxygens (including phenoxy) is 1. The van der Waals surface area contributed by atoms with Crippen molar-refractivity contribution in [1.29, 1.82) is 0 Å². The van der Waals surface area contributed by atoms with E-state index in [1.807, 2.05) is 30.3 Å². The van der Waals surface area contributed by atoms with E-state index in [0.717, 1.165) is 54.0 Å². The van der Waals surface area contributed by atoms with Gasteiger partial charge < -0.3 is 25.0 Å². The summed E-state index contributed by atoms with van der Waals surface area (Å²) in [6.45, 7) is 5.77. The monoisotopic (exact) mass is 431 g/mol. The van der Waals surface area contributed by atoms with Crippen LogP contribution in [0.15, 0.2) is 36.4 Å². The number of phenolic OH excluding ortho intramolecular Hbond substituents is 1. The molecule has 3 aromatic rings. The molecule has 2 fully saturated rings. The maximum absolute atomic E-state index is 10.3. The number of methoxy groups -OCH3 is 1. The Morgan fingerprint density at radius 2 is 2.06 bits per heavy atom. The van der Waals surface area contributed by atoms with Crippen LogP contribution in [0.1, 0.15) is 31.0 Å². The van der Waals surface area contributed by atoms with E-state index in [1.54, 1.807) is 7.11 Å². The molecule has 3 aliphatic rings. The first-order valence-electron chi connectivity index (χ1n) is 11.4. The van der Waals surface area contributed by atoms with E-state index in [2.05, 4.69) is 28.1 Å². The summed E-state index contributed by atoms with van der Waals surface area (Å²) >= 11 is 0. The lowest BCUT2D eigenvalue weighted by molar-refractivity contribution is 0.344. The van der Waals surface area contributed by atoms with Crippen molar-refractivity contribution in [3.63, 3.8) is 0 Å². The fourth-order valence-electron chi connectivity index (χ4n) is 5.79. The van der Waals surface area contributed by atoms with Gasteiger partial charge in [-0.1, -0.05) is 24.3 Å². The van der Waals surface area contributed by atoms with E-state index in [0.29, 0.717) is 18.6 Å². The highest BCUT2D eigenvalue weighted by molar-refractivity contribution is 5.95. The van der Waals surface area contributed by atoms with Crippen molar-refractivity contribution in [2.45, 2.75) is 44.3 Å². The van der Waals surface area contributed by atoms with Crippen LogP contribution in [-0.2, 0) is 13.0 Å². The van der Waals surface area contributed by atoms with Gasteiger partial charge >= 0.3 is 6.01 Å². The summed E-state index contributed by atoms with van der Waals surface area (Å²) < 4.78 is 5.51. The molecule has 4 heterocycles. The first-order valence-corrected chi connectivity index (χ1v) is 11.4. The maximum atomic E-state index is 10.3. The maximum Gasteiger partial charge on any atom is 0.318 e. The zero-order chi connectivity index (χ0) is 21.9. The van der Waals surface area contributed by atoms with Gasteiger partial charge in [0.25, 0.3) is 0 Å². The molecule has 2 aromatic carbocycles. The van der Waals surface area contributed by atoms with Gasteiger partial charge in [0.2, 0.25) is 0 Å². The molecule has 3 aliphatic heterocycles. The van der Waals surface area contributed by atoms with Gasteiger partial charge in [-0.05, 0) is 37.6 Å². The van der Waals surface area contributed by atoms with Crippen molar-refractivity contribution in [3.05, 3.63) is 47.7 Å². The topological polar surface area (TPSA) is 73.8 Å². The van der Waals surface area contributed by atoms with Crippen molar-refractivity contribution in [1.82, 2.24) is 15.3 Å². The number of piperazine rings is 1. The average molecular weight is 432 g/mol. The zero-order valence-electron chi connectivity index (χ0n) is 18.6. The number of aromatic nitrogens is 2. The third kappa shape index (κ3) is 3.23. The predicted molar refractivity (Wildman–Crippen MR) is 126 cm³/mol. The largest absolute Gasteiger partial charge is 0.508 e. The number of aromatic hydroxyl groups is 1. The summed E-state index contributed by atoms with van der Waals surface area (Å²) in [5, 5.41) is 16.3. The van der Waals surface area contributed by atoms with Gasteiger partial charge in [-0.3, -0.25) is 0 Å². The van der Waals surface area contributed by atoms with Crippen LogP contribution in [0.25, 0.3) is 10.8 Å². The van der Waals surface area contributed by atoms with E-state index >= 15 is 0 Å². The van der Waals surface area contributed by atoms with Crippen LogP contribution >= 0.6 is 0 Å². The molecule has 2 bridgehead atoms. The molecule has 7 nitrogen and oxygen atoms in total. The molecule has 2 saturated heterocycles. The number of rotatable bonds is 3. The minimum atomic E-state index is 0.148. The van der Waals surface area contributed by atoms with Gasteiger partial charge in [-0.15, -0.1) is 0 Å². The lowest BCUT2D eigenvalue weighted by Crippen LogP contribution is -2.58. The smallest absolute Gasteiger partial charge is 0.318 e. The van der Waals surface area contributed by atoms with Crippen LogP contribution in [0.2, 0.25) is 0 Å². The number of hydrogen-bond donors (Lipinski definition) is 2. The average Bonchev–Trinajstić information content (AvgIpc) is 3.08. The molecule has 0 aliphatic carbocycles. The molecule has 7 heteroatoms. The molecule has 32 heavy (non-hydrogen) atoms. The van der Waals surface area contributed by atoms with E-state index in [1.165, 1.54) is 18.4 Å². The second-order valence-electron chi connectivity index (χ2n) is 9.64. The highest BCUT2D eigenvalue weighted by Gasteiger charge is 2.42. The molecule has 6 rings (SSSR count). The van der Waals surface area contributed by atoms with Crippen molar-refractivity contribution in [2.75, 3.05) is 36.5 Å². The number of nitrogens with zero attached hydrogens (tertiary/aromatic N) is 4. The second kappa shape index (κ2) is 7.24. The third-order valence-corrected chi connectivity index (χ3v) is 7.25. The molecule has 0 radical (unpaired) electrons. The lowest BCUT2D eigenvalue weighted by atomic mass is 9.98. The van der Waals surface area contributed by atoms with E-state index in [-0.39, 0.29) is 11.3 Å². The molecular formula is C25H29N5O2. The minimum absolute atomic E-state index is 0.148. The van der Waals surface area contributed by atoms with Crippen molar-refractivity contribution in [2.24, 2.45) is 0 Å². The summed E-state index contributed by atoms with van der Waals surface area (Å²) in [5.74, 6) is 1.32. The lowest BCUT2D eigenvalue weighted by Gasteiger charge is -2.41. The Hall–Kier alpha value is -3.06. The van der Waals surface area contributed by atoms with Crippen LogP contribution in [-0.4, -0.2) is 53.4 Å². The summed E-state index contributed by atoms with van der Waals surface area (Å²) in [6, 6.07) is 12.8. The predicted octanol–water partition coefficient (Wildman–Crippen LogP) is 3.24. The molecule has 2 atom stereocenters. The number of hydrogen-bond acceptors (Lipinski definition) is 7. The molecule has 0 amide bonds. The number of benzene rings is 2. The van der Waals surface area contributed by atoms with Gasteiger partial charge in [0.05, 0.1) is 19.3 Å². The van der Waals surface area contributed by atoms with Crippen LogP contribution in [0, 0.1) is 0 Å². The van der Waals surface area contributed by atoms with Crippen molar-refractivity contribution < 1.29 is 9.84 Å². The molecule has 2 unspecified atom stereocenters. The number of phenols is 1. The molecule has 0 saturated carbocycles. The summed E-state index contributed by atoms with van der Waals surface area (Å²) in [5.41, 5.74) is 3.44. The standard InChI is InChI=1S/C25H29N5O2/c1-25-9-7-17(28-25)13-30(15-25)23-20-8-10-29(14-21(20)26-24(27-23)32-2)22-12-18(31)11-16-5-3-4-6-19(16)22/h3-6,11-12,17,28,31H,7-10,13-15H2,1-2H3. The SMILES string of the molecule is COc1nc2c(c(N3CC4CCC(C)(C3)N4)n1)CCN(c1cc(O)cc3ccccc13)C2. The third-order valence-electron chi connectivity index (χ3n) is 7.25. The summed E-state index contributed by atoms with van der Waals surface area (Å²) in [6.07, 6.45) is 3.29. The second-order valence-corrected chi connectivity index (χ2v) is 9.64. The Morgan fingerprint density at radius 1 is 1.19 bits per heavy atom. The molecule has 2 N–H and O–H groups in total. The first kappa shape index (κ1) is 19.6. The Kier molecular flexibility index (Phi) is 4.43. The van der Waals surface area contributed by atoms with E-state index in [9.17, 15) is 5.11 Å². The number of nitrogens with one attached hydrogen (secondary N) is 1. The van der Waals surface area contributed by atoms with Gasteiger partial charge in [0.1, 0.15) is 11.6 Å². The molecule has 166 valence electrons. The molecule has 0 spiro atoms. The van der Waals surface area contributed by atoms with Gasteiger partial charge in [-0.2, -0.15) is 9.97 Å². The highest BCUT2D eigenvalue weighted by Crippen LogP contribution is 2.38. The minimum Gasteiger partial charge on any atom is -0.508 e. The number of fused-ring (bicyclic) bond motifs is 4. The number of anilines is 2. The van der Waals surface area contributed by atoms with Crippen LogP contribution in [0.4, 0.5) is 11.5 Å². The van der Waals surface area contributed by atoms with E-state index in [4.69, 9.17) is 14.7 Å². The Bertz CT molecular complexity index is 1200. The summed E-state index contributed by atoms with van der Waals surface area (Å²) in [7, 11) is 1.64. The van der Waals surface area contributed by atoms with Gasteiger partial charge in [0, 0.05) is 53.9 Å². The van der Waals surface area contributed by atoms with Crippen molar-refractivity contribution in [3.8, 4) is 11.8 Å². The normalized spacial score (nSPS) is 24.6. The fraction of sp³-hybridized carbons (Fsp3) is 0.440. The zero-order valence-corrected chi connectivity index (χ0v) is 18.6. The van der Waals surface area contributed by atoms with Crippen LogP contribution < -0.4 is 19.9 Å². The quantitative estimate of drug-likeness (QED) is 0.660. The highest BCUT2D eigenvalue weighted by atomic mass is 16.5. The first-order chi connectivity index (χ1) is 15.5. The van der Waals surface area contributed by atoms with Crippen molar-refractivity contribution >= 4 is 22.3 Å². The fourth-order valence-corrected chi connectivity index (χ4v) is 5.79. The summed E-state index contributed by atoms with van der Waals surface area (Å²) in [4.78, 5) is 14.3. The Labute approximate surface area is 188 Å². The van der Waals surface area contributed by atoms with Gasteiger partial charge in [0.15, 0.2) is 0 Å². The Balaban J connectivity index is 1.39. The van der Waals surface area contributed by atoms with Crippen LogP contribution in [0.3, 0.4) is 0 Å². The van der Waals surface area contributed by atoms with Crippen LogP contribution in [0.5, 0.6) is 11.8 Å². The molecule has 1 aromatic heterocycles. The Morgan fingerprint density at radius 3 is 2.91 bits per heavy atom. The van der Waals surface area contributed by atoms with E-state index < -0.39 is 0 Å².